The van der Waals surface area contributed by atoms with Crippen LogP contribution in [0.15, 0.2) is 72.8 Å². The fourth-order valence-electron chi connectivity index (χ4n) is 5.08. The molecule has 0 aliphatic carbocycles. The van der Waals surface area contributed by atoms with Crippen LogP contribution in [0.2, 0.25) is 0 Å². The lowest BCUT2D eigenvalue weighted by Gasteiger charge is -2.32. The zero-order chi connectivity index (χ0) is 30.8. The standard InChI is InChI=1S/C33H41N3O6S/c1-4-5-19-34-33(38)29(21-26-13-7-6-8-14-26)35(23-27-15-10-9-12-25(27)2)32(37)16-11-20-36(43(3,39)40)28-17-18-30-31(22-28)42-24-41-30/h6-10,12-15,17-18,22,29H,4-5,11,16,19-21,23-24H2,1-3H3,(H,34,38)/t29-/m0/s1. The molecule has 1 N–H and O–H groups in total. The van der Waals surface area contributed by atoms with Crippen molar-refractivity contribution in [1.29, 1.82) is 0 Å². The number of hydrogen-bond acceptors (Lipinski definition) is 6. The number of unbranched alkanes of at least 4 members (excludes halogenated alkanes) is 1. The van der Waals surface area contributed by atoms with Crippen molar-refractivity contribution in [3.05, 3.63) is 89.5 Å². The summed E-state index contributed by atoms with van der Waals surface area (Å²) >= 11 is 0. The highest BCUT2D eigenvalue weighted by Gasteiger charge is 2.31. The first-order chi connectivity index (χ1) is 20.7. The van der Waals surface area contributed by atoms with Crippen molar-refractivity contribution >= 4 is 27.5 Å². The molecule has 0 saturated carbocycles. The summed E-state index contributed by atoms with van der Waals surface area (Å²) in [5.41, 5.74) is 3.37. The molecule has 230 valence electrons. The summed E-state index contributed by atoms with van der Waals surface area (Å²) in [5, 5.41) is 3.03. The molecule has 1 aliphatic heterocycles. The Kier molecular flexibility index (Phi) is 11.1. The Bertz CT molecular complexity index is 1500. The molecular weight excluding hydrogens is 566 g/mol. The van der Waals surface area contributed by atoms with E-state index in [4.69, 9.17) is 9.47 Å². The fraction of sp³-hybridized carbons (Fsp3) is 0.394. The maximum absolute atomic E-state index is 14.0. The van der Waals surface area contributed by atoms with Gasteiger partial charge >= 0.3 is 0 Å². The van der Waals surface area contributed by atoms with E-state index in [9.17, 15) is 18.0 Å². The molecule has 0 fully saturated rings. The van der Waals surface area contributed by atoms with Crippen molar-refractivity contribution in [3.8, 4) is 11.5 Å². The molecule has 10 heteroatoms. The van der Waals surface area contributed by atoms with Crippen molar-refractivity contribution in [2.75, 3.05) is 30.4 Å². The third-order valence-electron chi connectivity index (χ3n) is 7.50. The van der Waals surface area contributed by atoms with Crippen LogP contribution in [-0.4, -0.2) is 57.3 Å². The van der Waals surface area contributed by atoms with Crippen LogP contribution in [-0.2, 0) is 32.6 Å². The van der Waals surface area contributed by atoms with Crippen LogP contribution in [0.5, 0.6) is 11.5 Å². The number of anilines is 1. The summed E-state index contributed by atoms with van der Waals surface area (Å²) in [5.74, 6) is 0.622. The molecule has 0 spiro atoms. The van der Waals surface area contributed by atoms with Gasteiger partial charge in [0.25, 0.3) is 0 Å². The molecule has 1 aliphatic rings. The van der Waals surface area contributed by atoms with Gasteiger partial charge in [-0.25, -0.2) is 8.42 Å². The van der Waals surface area contributed by atoms with E-state index in [1.807, 2.05) is 61.5 Å². The Morgan fingerprint density at radius 3 is 2.40 bits per heavy atom. The molecule has 9 nitrogen and oxygen atoms in total. The van der Waals surface area contributed by atoms with E-state index in [1.165, 1.54) is 4.31 Å². The van der Waals surface area contributed by atoms with Gasteiger partial charge in [0.05, 0.1) is 11.9 Å². The van der Waals surface area contributed by atoms with Crippen LogP contribution in [0.4, 0.5) is 5.69 Å². The average Bonchev–Trinajstić information content (AvgIpc) is 3.46. The van der Waals surface area contributed by atoms with Gasteiger partial charge in [0, 0.05) is 38.5 Å². The molecule has 0 aromatic heterocycles. The largest absolute Gasteiger partial charge is 0.454 e. The van der Waals surface area contributed by atoms with E-state index < -0.39 is 16.1 Å². The highest BCUT2D eigenvalue weighted by Crippen LogP contribution is 2.36. The fourth-order valence-corrected chi connectivity index (χ4v) is 6.03. The number of aryl methyl sites for hydroxylation is 1. The summed E-state index contributed by atoms with van der Waals surface area (Å²) in [6.45, 7) is 5.02. The number of ether oxygens (including phenoxy) is 2. The minimum atomic E-state index is -3.64. The first-order valence-corrected chi connectivity index (χ1v) is 16.5. The van der Waals surface area contributed by atoms with Crippen LogP contribution in [0.25, 0.3) is 0 Å². The van der Waals surface area contributed by atoms with Gasteiger partial charge in [0.2, 0.25) is 28.6 Å². The van der Waals surface area contributed by atoms with Crippen molar-refractivity contribution in [1.82, 2.24) is 10.2 Å². The Morgan fingerprint density at radius 1 is 0.953 bits per heavy atom. The third-order valence-corrected chi connectivity index (χ3v) is 8.69. The number of carbonyl (C=O) groups is 2. The van der Waals surface area contributed by atoms with Gasteiger partial charge in [0.1, 0.15) is 6.04 Å². The Morgan fingerprint density at radius 2 is 1.67 bits per heavy atom. The first kappa shape index (κ1) is 31.9. The molecule has 43 heavy (non-hydrogen) atoms. The van der Waals surface area contributed by atoms with Gasteiger partial charge in [-0.3, -0.25) is 13.9 Å². The predicted octanol–water partition coefficient (Wildman–Crippen LogP) is 4.83. The van der Waals surface area contributed by atoms with Gasteiger partial charge in [-0.15, -0.1) is 0 Å². The quantitative estimate of drug-likeness (QED) is 0.248. The third kappa shape index (κ3) is 8.73. The van der Waals surface area contributed by atoms with E-state index in [0.29, 0.717) is 30.2 Å². The number of fused-ring (bicyclic) bond motifs is 1. The minimum Gasteiger partial charge on any atom is -0.454 e. The van der Waals surface area contributed by atoms with Crippen LogP contribution in [0.1, 0.15) is 49.3 Å². The predicted molar refractivity (Wildman–Crippen MR) is 168 cm³/mol. The smallest absolute Gasteiger partial charge is 0.243 e. The second-order valence-electron chi connectivity index (χ2n) is 10.8. The van der Waals surface area contributed by atoms with E-state index in [2.05, 4.69) is 12.2 Å². The number of hydrogen-bond donors (Lipinski definition) is 1. The van der Waals surface area contributed by atoms with E-state index >= 15 is 0 Å². The van der Waals surface area contributed by atoms with E-state index in [-0.39, 0.29) is 44.5 Å². The van der Waals surface area contributed by atoms with Crippen molar-refractivity contribution < 1.29 is 27.5 Å². The lowest BCUT2D eigenvalue weighted by atomic mass is 10.0. The zero-order valence-corrected chi connectivity index (χ0v) is 25.9. The van der Waals surface area contributed by atoms with Crippen LogP contribution < -0.4 is 19.1 Å². The molecule has 2 amide bonds. The highest BCUT2D eigenvalue weighted by atomic mass is 32.2. The Balaban J connectivity index is 1.57. The van der Waals surface area contributed by atoms with Gasteiger partial charge in [0.15, 0.2) is 11.5 Å². The Labute approximate surface area is 254 Å². The summed E-state index contributed by atoms with van der Waals surface area (Å²) in [7, 11) is -3.64. The second kappa shape index (κ2) is 14.9. The highest BCUT2D eigenvalue weighted by molar-refractivity contribution is 7.92. The van der Waals surface area contributed by atoms with Crippen molar-refractivity contribution in [2.45, 2.75) is 58.5 Å². The summed E-state index contributed by atoms with van der Waals surface area (Å²) in [6, 6.07) is 21.7. The molecular formula is C33H41N3O6S. The monoisotopic (exact) mass is 607 g/mol. The maximum atomic E-state index is 14.0. The molecule has 0 bridgehead atoms. The Hall–Kier alpha value is -4.05. The number of amides is 2. The number of carbonyl (C=O) groups excluding carboxylic acids is 2. The van der Waals surface area contributed by atoms with Gasteiger partial charge in [-0.1, -0.05) is 67.9 Å². The average molecular weight is 608 g/mol. The van der Waals surface area contributed by atoms with Crippen molar-refractivity contribution in [3.63, 3.8) is 0 Å². The maximum Gasteiger partial charge on any atom is 0.243 e. The van der Waals surface area contributed by atoms with Gasteiger partial charge in [-0.05, 0) is 48.6 Å². The topological polar surface area (TPSA) is 105 Å². The number of nitrogens with zero attached hydrogens (tertiary/aromatic N) is 2. The van der Waals surface area contributed by atoms with Crippen LogP contribution >= 0.6 is 0 Å². The zero-order valence-electron chi connectivity index (χ0n) is 25.1. The van der Waals surface area contributed by atoms with E-state index in [1.54, 1.807) is 23.1 Å². The molecule has 0 radical (unpaired) electrons. The number of sulfonamides is 1. The SMILES string of the molecule is CCCCNC(=O)[C@H](Cc1ccccc1)N(Cc1ccccc1C)C(=O)CCCN(c1ccc2c(c1)OCO2)S(C)(=O)=O. The summed E-state index contributed by atoms with van der Waals surface area (Å²) in [4.78, 5) is 29.3. The number of benzene rings is 3. The molecule has 1 atom stereocenters. The molecule has 3 aromatic carbocycles. The van der Waals surface area contributed by atoms with Gasteiger partial charge < -0.3 is 19.7 Å². The summed E-state index contributed by atoms with van der Waals surface area (Å²) < 4.78 is 37.6. The molecule has 0 saturated heterocycles. The van der Waals surface area contributed by atoms with Crippen molar-refractivity contribution in [2.24, 2.45) is 0 Å². The second-order valence-corrected chi connectivity index (χ2v) is 12.7. The lowest BCUT2D eigenvalue weighted by molar-refractivity contribution is -0.141. The normalized spacial score (nSPS) is 12.9. The van der Waals surface area contributed by atoms with E-state index in [0.717, 1.165) is 35.8 Å². The summed E-state index contributed by atoms with van der Waals surface area (Å²) in [6.07, 6.45) is 3.62. The molecule has 4 rings (SSSR count). The van der Waals surface area contributed by atoms with Gasteiger partial charge in [-0.2, -0.15) is 0 Å². The van der Waals surface area contributed by atoms with Crippen LogP contribution in [0, 0.1) is 6.92 Å². The lowest BCUT2D eigenvalue weighted by Crippen LogP contribution is -2.50. The molecule has 3 aromatic rings. The number of nitrogens with one attached hydrogen (secondary N) is 1. The molecule has 1 heterocycles. The molecule has 0 unspecified atom stereocenters. The minimum absolute atomic E-state index is 0.0655. The first-order valence-electron chi connectivity index (χ1n) is 14.7. The van der Waals surface area contributed by atoms with Crippen LogP contribution in [0.3, 0.4) is 0 Å². The number of rotatable bonds is 15.